The van der Waals surface area contributed by atoms with E-state index in [9.17, 15) is 9.59 Å². The van der Waals surface area contributed by atoms with E-state index in [1.54, 1.807) is 24.3 Å². The summed E-state index contributed by atoms with van der Waals surface area (Å²) in [5.41, 5.74) is 3.65. The molecular weight excluding hydrogens is 446 g/mol. The maximum Gasteiger partial charge on any atom is 0.240 e. The quantitative estimate of drug-likeness (QED) is 0.435. The van der Waals surface area contributed by atoms with Gasteiger partial charge in [0.2, 0.25) is 11.8 Å². The Morgan fingerprint density at radius 1 is 1.18 bits per heavy atom. The SMILES string of the molecule is CC(C)Oc1ccc(Br)cc1C=NNC(=O)CCC(=O)Nc1ccccc1Cl. The van der Waals surface area contributed by atoms with Gasteiger partial charge < -0.3 is 10.1 Å². The van der Waals surface area contributed by atoms with Gasteiger partial charge in [0.05, 0.1) is 23.0 Å². The van der Waals surface area contributed by atoms with Crippen LogP contribution in [0.4, 0.5) is 5.69 Å². The molecule has 8 heteroatoms. The van der Waals surface area contributed by atoms with Crippen LogP contribution in [0.5, 0.6) is 5.75 Å². The summed E-state index contributed by atoms with van der Waals surface area (Å²) < 4.78 is 6.58. The fraction of sp³-hybridized carbons (Fsp3) is 0.250. The number of anilines is 1. The van der Waals surface area contributed by atoms with Gasteiger partial charge in [-0.2, -0.15) is 5.10 Å². The van der Waals surface area contributed by atoms with Gasteiger partial charge >= 0.3 is 0 Å². The molecule has 0 heterocycles. The second-order valence-corrected chi connectivity index (χ2v) is 7.49. The molecule has 2 aromatic rings. The summed E-state index contributed by atoms with van der Waals surface area (Å²) in [4.78, 5) is 23.9. The topological polar surface area (TPSA) is 79.8 Å². The number of ether oxygens (including phenoxy) is 1. The van der Waals surface area contributed by atoms with Gasteiger partial charge in [-0.1, -0.05) is 39.7 Å². The van der Waals surface area contributed by atoms with Crippen LogP contribution < -0.4 is 15.5 Å². The Morgan fingerprint density at radius 3 is 2.61 bits per heavy atom. The number of hydrogen-bond donors (Lipinski definition) is 2. The molecule has 6 nitrogen and oxygen atoms in total. The van der Waals surface area contributed by atoms with Gasteiger partial charge in [0.1, 0.15) is 5.75 Å². The molecule has 0 fully saturated rings. The Hall–Kier alpha value is -2.38. The van der Waals surface area contributed by atoms with E-state index in [-0.39, 0.29) is 30.8 Å². The van der Waals surface area contributed by atoms with Crippen LogP contribution in [0.25, 0.3) is 0 Å². The van der Waals surface area contributed by atoms with E-state index in [0.717, 1.165) is 10.0 Å². The van der Waals surface area contributed by atoms with E-state index in [2.05, 4.69) is 31.8 Å². The number of rotatable bonds is 8. The maximum absolute atomic E-state index is 11.9. The van der Waals surface area contributed by atoms with Crippen molar-refractivity contribution in [2.24, 2.45) is 5.10 Å². The average Bonchev–Trinajstić information content (AvgIpc) is 2.64. The molecule has 0 aliphatic carbocycles. The van der Waals surface area contributed by atoms with Gasteiger partial charge in [-0.25, -0.2) is 5.43 Å². The molecule has 2 N–H and O–H groups in total. The van der Waals surface area contributed by atoms with Crippen LogP contribution in [-0.2, 0) is 9.59 Å². The number of halogens is 2. The molecule has 0 radical (unpaired) electrons. The van der Waals surface area contributed by atoms with Gasteiger partial charge in [-0.05, 0) is 44.2 Å². The molecule has 0 spiro atoms. The van der Waals surface area contributed by atoms with Crippen molar-refractivity contribution >= 4 is 51.2 Å². The Balaban J connectivity index is 1.84. The molecule has 28 heavy (non-hydrogen) atoms. The third-order valence-corrected chi connectivity index (χ3v) is 4.28. The smallest absolute Gasteiger partial charge is 0.240 e. The standard InChI is InChI=1S/C20H21BrClN3O3/c1-13(2)28-18-8-7-15(21)11-14(18)12-23-25-20(27)10-9-19(26)24-17-6-4-3-5-16(17)22/h3-8,11-13H,9-10H2,1-2H3,(H,24,26)(H,25,27). The lowest BCUT2D eigenvalue weighted by atomic mass is 10.2. The Bertz CT molecular complexity index is 872. The van der Waals surface area contributed by atoms with Crippen LogP contribution in [0.3, 0.4) is 0 Å². The lowest BCUT2D eigenvalue weighted by Gasteiger charge is -2.12. The molecule has 2 amide bonds. The number of para-hydroxylation sites is 1. The highest BCUT2D eigenvalue weighted by molar-refractivity contribution is 9.10. The van der Waals surface area contributed by atoms with Gasteiger partial charge in [0.25, 0.3) is 0 Å². The monoisotopic (exact) mass is 465 g/mol. The van der Waals surface area contributed by atoms with Crippen molar-refractivity contribution in [1.82, 2.24) is 5.43 Å². The molecular formula is C20H21BrClN3O3. The first-order valence-corrected chi connectivity index (χ1v) is 9.84. The molecule has 0 unspecified atom stereocenters. The number of benzene rings is 2. The number of nitrogens with zero attached hydrogens (tertiary/aromatic N) is 1. The van der Waals surface area contributed by atoms with Crippen molar-refractivity contribution in [3.63, 3.8) is 0 Å². The molecule has 0 saturated carbocycles. The number of amides is 2. The zero-order valence-electron chi connectivity index (χ0n) is 15.5. The van der Waals surface area contributed by atoms with Crippen molar-refractivity contribution in [3.05, 3.63) is 57.5 Å². The van der Waals surface area contributed by atoms with Crippen molar-refractivity contribution < 1.29 is 14.3 Å². The number of nitrogens with one attached hydrogen (secondary N) is 2. The second kappa shape index (κ2) is 10.8. The highest BCUT2D eigenvalue weighted by Crippen LogP contribution is 2.23. The first kappa shape index (κ1) is 21.9. The molecule has 2 rings (SSSR count). The number of carbonyl (C=O) groups is 2. The minimum atomic E-state index is -0.369. The van der Waals surface area contributed by atoms with Crippen molar-refractivity contribution in [2.75, 3.05) is 5.32 Å². The van der Waals surface area contributed by atoms with Gasteiger partial charge in [0, 0.05) is 22.9 Å². The van der Waals surface area contributed by atoms with Gasteiger partial charge in [-0.15, -0.1) is 0 Å². The predicted octanol–water partition coefficient (Wildman–Crippen LogP) is 4.76. The Labute approximate surface area is 177 Å². The average molecular weight is 467 g/mol. The second-order valence-electron chi connectivity index (χ2n) is 6.17. The zero-order chi connectivity index (χ0) is 20.5. The van der Waals surface area contributed by atoms with Crippen LogP contribution in [0.1, 0.15) is 32.3 Å². The zero-order valence-corrected chi connectivity index (χ0v) is 17.9. The summed E-state index contributed by atoms with van der Waals surface area (Å²) in [5.74, 6) is -0.00552. The highest BCUT2D eigenvalue weighted by Gasteiger charge is 2.09. The third kappa shape index (κ3) is 7.32. The summed E-state index contributed by atoms with van der Waals surface area (Å²) in [6, 6.07) is 12.4. The number of hydrogen-bond acceptors (Lipinski definition) is 4. The molecule has 0 aliphatic rings. The Kier molecular flexibility index (Phi) is 8.47. The largest absolute Gasteiger partial charge is 0.490 e. The number of hydrazone groups is 1. The van der Waals surface area contributed by atoms with Crippen molar-refractivity contribution in [2.45, 2.75) is 32.8 Å². The molecule has 0 aliphatic heterocycles. The lowest BCUT2D eigenvalue weighted by Crippen LogP contribution is -2.20. The minimum Gasteiger partial charge on any atom is -0.490 e. The minimum absolute atomic E-state index is 0.00145. The molecule has 0 saturated heterocycles. The number of carbonyl (C=O) groups excluding carboxylic acids is 2. The molecule has 0 aromatic heterocycles. The Morgan fingerprint density at radius 2 is 1.89 bits per heavy atom. The van der Waals surface area contributed by atoms with Crippen LogP contribution in [0.15, 0.2) is 52.0 Å². The molecule has 148 valence electrons. The first-order chi connectivity index (χ1) is 13.3. The normalized spacial score (nSPS) is 10.9. The van der Waals surface area contributed by atoms with Crippen LogP contribution >= 0.6 is 27.5 Å². The summed E-state index contributed by atoms with van der Waals surface area (Å²) >= 11 is 9.38. The molecule has 0 bridgehead atoms. The summed E-state index contributed by atoms with van der Waals surface area (Å²) in [6.07, 6.45) is 1.54. The molecule has 0 atom stereocenters. The summed E-state index contributed by atoms with van der Waals surface area (Å²) in [7, 11) is 0. The summed E-state index contributed by atoms with van der Waals surface area (Å²) in [5, 5.41) is 7.06. The molecule has 2 aromatic carbocycles. The van der Waals surface area contributed by atoms with Gasteiger partial charge in [-0.3, -0.25) is 9.59 Å². The van der Waals surface area contributed by atoms with E-state index in [4.69, 9.17) is 16.3 Å². The lowest BCUT2D eigenvalue weighted by molar-refractivity contribution is -0.124. The highest BCUT2D eigenvalue weighted by atomic mass is 79.9. The fourth-order valence-corrected chi connectivity index (χ4v) is 2.78. The van der Waals surface area contributed by atoms with Gasteiger partial charge in [0.15, 0.2) is 0 Å². The van der Waals surface area contributed by atoms with E-state index >= 15 is 0 Å². The van der Waals surface area contributed by atoms with Crippen molar-refractivity contribution in [1.29, 1.82) is 0 Å². The first-order valence-electron chi connectivity index (χ1n) is 8.67. The van der Waals surface area contributed by atoms with E-state index < -0.39 is 0 Å². The fourth-order valence-electron chi connectivity index (χ4n) is 2.21. The third-order valence-electron chi connectivity index (χ3n) is 3.45. The van der Waals surface area contributed by atoms with Crippen LogP contribution in [-0.4, -0.2) is 24.1 Å². The van der Waals surface area contributed by atoms with Crippen LogP contribution in [0.2, 0.25) is 5.02 Å². The maximum atomic E-state index is 11.9. The van der Waals surface area contributed by atoms with Crippen LogP contribution in [0, 0.1) is 0 Å². The summed E-state index contributed by atoms with van der Waals surface area (Å²) in [6.45, 7) is 3.86. The van der Waals surface area contributed by atoms with E-state index in [1.807, 2.05) is 32.0 Å². The van der Waals surface area contributed by atoms with E-state index in [0.29, 0.717) is 16.5 Å². The predicted molar refractivity (Wildman–Crippen MR) is 115 cm³/mol. The van der Waals surface area contributed by atoms with Crippen molar-refractivity contribution in [3.8, 4) is 5.75 Å². The van der Waals surface area contributed by atoms with E-state index in [1.165, 1.54) is 6.21 Å².